The summed E-state index contributed by atoms with van der Waals surface area (Å²) in [5.74, 6) is 0.935. The predicted molar refractivity (Wildman–Crippen MR) is 84.1 cm³/mol. The number of benzene rings is 2. The first kappa shape index (κ1) is 14.6. The molecule has 106 valence electrons. The fourth-order valence-electron chi connectivity index (χ4n) is 2.65. The van der Waals surface area contributed by atoms with Gasteiger partial charge in [0.2, 0.25) is 0 Å². The highest BCUT2D eigenvalue weighted by molar-refractivity contribution is 5.36. The highest BCUT2D eigenvalue weighted by Crippen LogP contribution is 2.27. The van der Waals surface area contributed by atoms with Crippen LogP contribution in [-0.2, 0) is 0 Å². The molecular weight excluding hydrogens is 246 g/mol. The highest BCUT2D eigenvalue weighted by Gasteiger charge is 2.15. The lowest BCUT2D eigenvalue weighted by atomic mass is 10.00. The number of ether oxygens (including phenoxy) is 1. The molecule has 0 aliphatic carbocycles. The number of rotatable bonds is 5. The minimum absolute atomic E-state index is 0.237. The molecule has 2 rings (SSSR count). The van der Waals surface area contributed by atoms with Crippen LogP contribution in [0.3, 0.4) is 0 Å². The van der Waals surface area contributed by atoms with E-state index >= 15 is 0 Å². The SMILES string of the molecule is COc1ccccc1[C@@H](C)NC(C)c1ccccc1C. The molecule has 1 unspecified atom stereocenters. The first-order chi connectivity index (χ1) is 9.63. The molecule has 0 saturated heterocycles. The second-order valence-corrected chi connectivity index (χ2v) is 5.21. The molecule has 0 aliphatic rings. The van der Waals surface area contributed by atoms with Crippen LogP contribution in [0.1, 0.15) is 42.6 Å². The summed E-state index contributed by atoms with van der Waals surface area (Å²) in [5.41, 5.74) is 3.85. The fourth-order valence-corrected chi connectivity index (χ4v) is 2.65. The number of hydrogen-bond donors (Lipinski definition) is 1. The summed E-state index contributed by atoms with van der Waals surface area (Å²) in [5, 5.41) is 3.65. The largest absolute Gasteiger partial charge is 0.496 e. The monoisotopic (exact) mass is 269 g/mol. The van der Waals surface area contributed by atoms with E-state index in [0.29, 0.717) is 6.04 Å². The van der Waals surface area contributed by atoms with Gasteiger partial charge in [0.05, 0.1) is 7.11 Å². The minimum Gasteiger partial charge on any atom is -0.496 e. The molecule has 0 radical (unpaired) electrons. The molecular formula is C18H23NO. The van der Waals surface area contributed by atoms with E-state index in [1.165, 1.54) is 16.7 Å². The van der Waals surface area contributed by atoms with Gasteiger partial charge in [-0.15, -0.1) is 0 Å². The van der Waals surface area contributed by atoms with Gasteiger partial charge in [-0.25, -0.2) is 0 Å². The van der Waals surface area contributed by atoms with Crippen LogP contribution in [0, 0.1) is 6.92 Å². The summed E-state index contributed by atoms with van der Waals surface area (Å²) < 4.78 is 5.44. The molecule has 0 saturated carbocycles. The van der Waals surface area contributed by atoms with E-state index in [0.717, 1.165) is 5.75 Å². The van der Waals surface area contributed by atoms with Gasteiger partial charge < -0.3 is 10.1 Å². The Morgan fingerprint density at radius 3 is 2.05 bits per heavy atom. The normalized spacial score (nSPS) is 13.8. The molecule has 1 N–H and O–H groups in total. The van der Waals surface area contributed by atoms with E-state index in [2.05, 4.69) is 62.5 Å². The summed E-state index contributed by atoms with van der Waals surface area (Å²) in [6, 6.07) is 17.2. The molecule has 0 spiro atoms. The zero-order valence-corrected chi connectivity index (χ0v) is 12.7. The highest BCUT2D eigenvalue weighted by atomic mass is 16.5. The Labute approximate surface area is 121 Å². The van der Waals surface area contributed by atoms with Crippen molar-refractivity contribution in [2.45, 2.75) is 32.9 Å². The van der Waals surface area contributed by atoms with Crippen molar-refractivity contribution in [2.24, 2.45) is 0 Å². The van der Waals surface area contributed by atoms with Crippen molar-refractivity contribution >= 4 is 0 Å². The van der Waals surface area contributed by atoms with Gasteiger partial charge in [0.15, 0.2) is 0 Å². The Morgan fingerprint density at radius 1 is 0.850 bits per heavy atom. The van der Waals surface area contributed by atoms with Crippen LogP contribution in [0.25, 0.3) is 0 Å². The first-order valence-corrected chi connectivity index (χ1v) is 7.08. The molecule has 0 aromatic heterocycles. The van der Waals surface area contributed by atoms with E-state index in [1.807, 2.05) is 12.1 Å². The van der Waals surface area contributed by atoms with Crippen LogP contribution in [0.15, 0.2) is 48.5 Å². The zero-order chi connectivity index (χ0) is 14.5. The van der Waals surface area contributed by atoms with Crippen LogP contribution in [0.5, 0.6) is 5.75 Å². The summed E-state index contributed by atoms with van der Waals surface area (Å²) in [6.45, 7) is 6.53. The predicted octanol–water partition coefficient (Wildman–Crippen LogP) is 4.42. The molecule has 0 amide bonds. The Balaban J connectivity index is 2.15. The van der Waals surface area contributed by atoms with Gasteiger partial charge in [-0.2, -0.15) is 0 Å². The van der Waals surface area contributed by atoms with Gasteiger partial charge in [0, 0.05) is 17.6 Å². The van der Waals surface area contributed by atoms with E-state index in [1.54, 1.807) is 7.11 Å². The minimum atomic E-state index is 0.237. The number of hydrogen-bond acceptors (Lipinski definition) is 2. The van der Waals surface area contributed by atoms with Crippen molar-refractivity contribution in [1.29, 1.82) is 0 Å². The number of nitrogens with one attached hydrogen (secondary N) is 1. The van der Waals surface area contributed by atoms with Gasteiger partial charge in [-0.3, -0.25) is 0 Å². The maximum Gasteiger partial charge on any atom is 0.123 e. The Kier molecular flexibility index (Phi) is 4.80. The molecule has 2 nitrogen and oxygen atoms in total. The molecule has 2 aromatic rings. The lowest BCUT2D eigenvalue weighted by molar-refractivity contribution is 0.396. The molecule has 0 aliphatic heterocycles. The van der Waals surface area contributed by atoms with Crippen molar-refractivity contribution in [2.75, 3.05) is 7.11 Å². The van der Waals surface area contributed by atoms with Crippen LogP contribution in [0.2, 0.25) is 0 Å². The molecule has 0 fully saturated rings. The smallest absolute Gasteiger partial charge is 0.123 e. The quantitative estimate of drug-likeness (QED) is 0.867. The van der Waals surface area contributed by atoms with Gasteiger partial charge in [-0.1, -0.05) is 42.5 Å². The standard InChI is InChI=1S/C18H23NO/c1-13-9-5-6-10-16(13)14(2)19-15(3)17-11-7-8-12-18(17)20-4/h5-12,14-15,19H,1-4H3/t14?,15-/m1/s1. The first-order valence-electron chi connectivity index (χ1n) is 7.08. The van der Waals surface area contributed by atoms with Gasteiger partial charge >= 0.3 is 0 Å². The molecule has 0 bridgehead atoms. The van der Waals surface area contributed by atoms with Crippen molar-refractivity contribution < 1.29 is 4.74 Å². The van der Waals surface area contributed by atoms with Crippen LogP contribution < -0.4 is 10.1 Å². The molecule has 20 heavy (non-hydrogen) atoms. The maximum absolute atomic E-state index is 5.44. The third kappa shape index (κ3) is 3.20. The number of methoxy groups -OCH3 is 1. The van der Waals surface area contributed by atoms with Crippen molar-refractivity contribution in [3.8, 4) is 5.75 Å². The fraction of sp³-hybridized carbons (Fsp3) is 0.333. The Hall–Kier alpha value is -1.80. The second kappa shape index (κ2) is 6.58. The van der Waals surface area contributed by atoms with E-state index in [4.69, 9.17) is 4.74 Å². The summed E-state index contributed by atoms with van der Waals surface area (Å²) in [7, 11) is 1.72. The van der Waals surface area contributed by atoms with Crippen molar-refractivity contribution in [3.05, 3.63) is 65.2 Å². The number of aryl methyl sites for hydroxylation is 1. The lowest BCUT2D eigenvalue weighted by Crippen LogP contribution is -2.23. The van der Waals surface area contributed by atoms with E-state index < -0.39 is 0 Å². The Morgan fingerprint density at radius 2 is 1.40 bits per heavy atom. The van der Waals surface area contributed by atoms with Gasteiger partial charge in [-0.05, 0) is 38.0 Å². The summed E-state index contributed by atoms with van der Waals surface area (Å²) >= 11 is 0. The third-order valence-corrected chi connectivity index (χ3v) is 3.76. The van der Waals surface area contributed by atoms with Crippen LogP contribution in [0.4, 0.5) is 0 Å². The van der Waals surface area contributed by atoms with E-state index in [9.17, 15) is 0 Å². The second-order valence-electron chi connectivity index (χ2n) is 5.21. The van der Waals surface area contributed by atoms with Crippen LogP contribution >= 0.6 is 0 Å². The molecule has 2 aromatic carbocycles. The van der Waals surface area contributed by atoms with Gasteiger partial charge in [0.1, 0.15) is 5.75 Å². The number of para-hydroxylation sites is 1. The van der Waals surface area contributed by atoms with Gasteiger partial charge in [0.25, 0.3) is 0 Å². The molecule has 2 heteroatoms. The van der Waals surface area contributed by atoms with E-state index in [-0.39, 0.29) is 6.04 Å². The molecule has 0 heterocycles. The lowest BCUT2D eigenvalue weighted by Gasteiger charge is -2.23. The van der Waals surface area contributed by atoms with Crippen LogP contribution in [-0.4, -0.2) is 7.11 Å². The Bertz CT molecular complexity index is 565. The average Bonchev–Trinajstić information content (AvgIpc) is 2.47. The average molecular weight is 269 g/mol. The van der Waals surface area contributed by atoms with Crippen molar-refractivity contribution in [1.82, 2.24) is 5.32 Å². The summed E-state index contributed by atoms with van der Waals surface area (Å²) in [4.78, 5) is 0. The molecule has 2 atom stereocenters. The van der Waals surface area contributed by atoms with Crippen molar-refractivity contribution in [3.63, 3.8) is 0 Å². The third-order valence-electron chi connectivity index (χ3n) is 3.76. The maximum atomic E-state index is 5.44. The topological polar surface area (TPSA) is 21.3 Å². The zero-order valence-electron chi connectivity index (χ0n) is 12.7. The summed E-state index contributed by atoms with van der Waals surface area (Å²) in [6.07, 6.45) is 0.